The quantitative estimate of drug-likeness (QED) is 0.144. The molecule has 1 saturated heterocycles. The summed E-state index contributed by atoms with van der Waals surface area (Å²) in [6.07, 6.45) is 1.72. The highest BCUT2D eigenvalue weighted by atomic mass is 79.9. The van der Waals surface area contributed by atoms with Crippen LogP contribution >= 0.6 is 15.9 Å². The molecule has 4 unspecified atom stereocenters. The molecule has 0 bridgehead atoms. The minimum Gasteiger partial charge on any atom is -0.504 e. The number of phenols is 1. The predicted octanol–water partition coefficient (Wildman–Crippen LogP) is 4.72. The molecule has 1 aliphatic carbocycles. The number of aromatic hydroxyl groups is 1. The second-order valence-electron chi connectivity index (χ2n) is 15.7. The number of anilines is 1. The molecule has 2 N–H and O–H groups in total. The standard InChI is InChI=1S/C45H42BrN7O9/c1-24-11-13-27(14-12-24)48-52-40(55)30-21-33-28(38(29-19-26(46)20-37(62-5)39(29)54)45(30,42(52)57)25-9-7-6-8-10-25)15-18-51-43(58)50(44(59)53(33)51)17-16-31-41(56)49(2)34-23-36(61-4)35(60-3)22-32(34)47-31/h6-15,19-20,22-23,30,33,38,48,54H,16-18,21H2,1-5H3. The van der Waals surface area contributed by atoms with Crippen LogP contribution in [-0.2, 0) is 41.6 Å². The zero-order valence-corrected chi connectivity index (χ0v) is 36.0. The molecule has 318 valence electrons. The summed E-state index contributed by atoms with van der Waals surface area (Å²) < 4.78 is 22.2. The summed E-state index contributed by atoms with van der Waals surface area (Å²) in [5.41, 5.74) is 3.73. The van der Waals surface area contributed by atoms with E-state index in [-0.39, 0.29) is 48.7 Å². The van der Waals surface area contributed by atoms with Gasteiger partial charge in [-0.2, -0.15) is 5.01 Å². The Morgan fingerprint density at radius 3 is 2.27 bits per heavy atom. The van der Waals surface area contributed by atoms with E-state index in [0.717, 1.165) is 15.1 Å². The monoisotopic (exact) mass is 903 g/mol. The first-order chi connectivity index (χ1) is 29.8. The van der Waals surface area contributed by atoms with Crippen LogP contribution in [0.15, 0.2) is 109 Å². The Kier molecular flexibility index (Phi) is 9.96. The van der Waals surface area contributed by atoms with Crippen molar-refractivity contribution in [3.8, 4) is 23.0 Å². The number of ether oxygens (including phenoxy) is 3. The number of allylic oxidation sites excluding steroid dienone is 2. The minimum atomic E-state index is -1.63. The molecule has 2 amide bonds. The Morgan fingerprint density at radius 1 is 0.887 bits per heavy atom. The number of benzene rings is 4. The first-order valence-corrected chi connectivity index (χ1v) is 20.7. The van der Waals surface area contributed by atoms with E-state index >= 15 is 4.79 Å². The lowest BCUT2D eigenvalue weighted by Crippen LogP contribution is -2.53. The van der Waals surface area contributed by atoms with Crippen molar-refractivity contribution in [3.63, 3.8) is 0 Å². The number of halogens is 1. The number of aromatic nitrogens is 5. The molecule has 17 heteroatoms. The second kappa shape index (κ2) is 15.2. The molecule has 2 aromatic heterocycles. The Balaban J connectivity index is 1.19. The van der Waals surface area contributed by atoms with Gasteiger partial charge in [-0.05, 0) is 48.7 Å². The van der Waals surface area contributed by atoms with Gasteiger partial charge in [0.15, 0.2) is 23.0 Å². The van der Waals surface area contributed by atoms with E-state index in [1.165, 1.54) is 35.3 Å². The molecular formula is C45H42BrN7O9. The molecule has 0 spiro atoms. The van der Waals surface area contributed by atoms with Crippen molar-refractivity contribution >= 4 is 44.5 Å². The molecule has 6 aromatic rings. The van der Waals surface area contributed by atoms with Crippen LogP contribution in [0.2, 0.25) is 0 Å². The fraction of sp³-hybridized carbons (Fsp3) is 0.289. The minimum absolute atomic E-state index is 0.0405. The number of imide groups is 1. The molecule has 2 fully saturated rings. The zero-order chi connectivity index (χ0) is 43.8. The Hall–Kier alpha value is -6.88. The highest BCUT2D eigenvalue weighted by molar-refractivity contribution is 9.10. The number of nitrogens with zero attached hydrogens (tertiary/aromatic N) is 6. The fourth-order valence-corrected chi connectivity index (χ4v) is 10.1. The van der Waals surface area contributed by atoms with Crippen LogP contribution < -0.4 is 36.6 Å². The SMILES string of the molecule is COc1cc2nc(CCn3c(=O)n4n(c3=O)C3CC5C(=O)N(Nc6ccc(C)cc6)C(=O)C5(c5ccccc5)C(c5cc(Br)cc(OC)c5O)C3=CC4)c(=O)n(C)c2cc1OC. The number of methoxy groups -OCH3 is 3. The van der Waals surface area contributed by atoms with Crippen molar-refractivity contribution in [1.82, 2.24) is 28.5 Å². The first kappa shape index (κ1) is 40.5. The summed E-state index contributed by atoms with van der Waals surface area (Å²) in [7, 11) is 6.01. The summed E-state index contributed by atoms with van der Waals surface area (Å²) in [6.45, 7) is 1.69. The van der Waals surface area contributed by atoms with Crippen LogP contribution in [0.3, 0.4) is 0 Å². The molecule has 9 rings (SSSR count). The van der Waals surface area contributed by atoms with Crippen molar-refractivity contribution in [1.29, 1.82) is 0 Å². The van der Waals surface area contributed by atoms with Gasteiger partial charge in [0.25, 0.3) is 17.4 Å². The van der Waals surface area contributed by atoms with Crippen LogP contribution in [-0.4, -0.2) is 66.7 Å². The summed E-state index contributed by atoms with van der Waals surface area (Å²) in [5.74, 6) is -2.48. The van der Waals surface area contributed by atoms with E-state index in [9.17, 15) is 24.3 Å². The van der Waals surface area contributed by atoms with E-state index < -0.39 is 52.0 Å². The Labute approximate surface area is 362 Å². The van der Waals surface area contributed by atoms with Crippen LogP contribution in [0.5, 0.6) is 23.0 Å². The molecule has 0 radical (unpaired) electrons. The maximum absolute atomic E-state index is 15.5. The fourth-order valence-electron chi connectivity index (χ4n) is 9.65. The lowest BCUT2D eigenvalue weighted by atomic mass is 9.53. The first-order valence-electron chi connectivity index (χ1n) is 19.9. The molecule has 4 heterocycles. The number of hydrazine groups is 1. The van der Waals surface area contributed by atoms with E-state index in [0.29, 0.717) is 43.8 Å². The van der Waals surface area contributed by atoms with Gasteiger partial charge < -0.3 is 23.9 Å². The third kappa shape index (κ3) is 6.00. The zero-order valence-electron chi connectivity index (χ0n) is 34.4. The third-order valence-electron chi connectivity index (χ3n) is 12.6. The van der Waals surface area contributed by atoms with E-state index in [1.54, 1.807) is 67.7 Å². The number of hydrogen-bond donors (Lipinski definition) is 2. The maximum atomic E-state index is 15.5. The van der Waals surface area contributed by atoms with Gasteiger partial charge in [-0.3, -0.25) is 19.8 Å². The van der Waals surface area contributed by atoms with E-state index in [4.69, 9.17) is 14.2 Å². The van der Waals surface area contributed by atoms with Gasteiger partial charge in [-0.25, -0.2) is 28.5 Å². The lowest BCUT2D eigenvalue weighted by Gasteiger charge is -2.49. The topological polar surface area (TPSA) is 181 Å². The van der Waals surface area contributed by atoms with Gasteiger partial charge in [-0.15, -0.1) is 0 Å². The van der Waals surface area contributed by atoms with Crippen molar-refractivity contribution in [2.24, 2.45) is 13.0 Å². The number of carbonyl (C=O) groups is 2. The number of aryl methyl sites for hydroxylation is 3. The van der Waals surface area contributed by atoms with Crippen LogP contribution in [0, 0.1) is 12.8 Å². The van der Waals surface area contributed by atoms with Gasteiger partial charge in [-0.1, -0.05) is 70.0 Å². The normalized spacial score (nSPS) is 20.4. The van der Waals surface area contributed by atoms with Gasteiger partial charge in [0.1, 0.15) is 5.69 Å². The third-order valence-corrected chi connectivity index (χ3v) is 13.0. The lowest BCUT2D eigenvalue weighted by molar-refractivity contribution is -0.138. The Morgan fingerprint density at radius 2 is 1.58 bits per heavy atom. The highest BCUT2D eigenvalue weighted by Crippen LogP contribution is 2.63. The van der Waals surface area contributed by atoms with Gasteiger partial charge in [0.2, 0.25) is 0 Å². The Bertz CT molecular complexity index is 3040. The molecule has 4 atom stereocenters. The summed E-state index contributed by atoms with van der Waals surface area (Å²) in [4.78, 5) is 77.6. The average Bonchev–Trinajstić information content (AvgIpc) is 3.65. The number of rotatable bonds is 10. The highest BCUT2D eigenvalue weighted by Gasteiger charge is 2.69. The van der Waals surface area contributed by atoms with Crippen molar-refractivity contribution in [2.75, 3.05) is 26.8 Å². The largest absolute Gasteiger partial charge is 0.504 e. The van der Waals surface area contributed by atoms with E-state index in [2.05, 4.69) is 26.3 Å². The van der Waals surface area contributed by atoms with Gasteiger partial charge >= 0.3 is 11.4 Å². The summed E-state index contributed by atoms with van der Waals surface area (Å²) >= 11 is 3.57. The number of phenolic OH excluding ortho intramolecular Hbond substituents is 1. The molecule has 2 aliphatic heterocycles. The van der Waals surface area contributed by atoms with Crippen molar-refractivity contribution in [2.45, 2.75) is 50.2 Å². The molecular weight excluding hydrogens is 862 g/mol. The van der Waals surface area contributed by atoms with Gasteiger partial charge in [0, 0.05) is 48.1 Å². The predicted molar refractivity (Wildman–Crippen MR) is 232 cm³/mol. The molecule has 62 heavy (non-hydrogen) atoms. The number of amides is 2. The second-order valence-corrected chi connectivity index (χ2v) is 16.6. The average molecular weight is 905 g/mol. The van der Waals surface area contributed by atoms with Crippen LogP contribution in [0.25, 0.3) is 11.0 Å². The molecule has 4 aromatic carbocycles. The number of fused-ring (bicyclic) bond motifs is 5. The summed E-state index contributed by atoms with van der Waals surface area (Å²) in [5, 5.41) is 13.0. The molecule has 1 saturated carbocycles. The van der Waals surface area contributed by atoms with E-state index in [1.807, 2.05) is 31.2 Å². The number of carbonyl (C=O) groups excluding carboxylic acids is 2. The summed E-state index contributed by atoms with van der Waals surface area (Å²) in [6, 6.07) is 22.0. The van der Waals surface area contributed by atoms with Crippen molar-refractivity contribution < 1.29 is 28.9 Å². The number of hydrogen-bond acceptors (Lipinski definition) is 11. The van der Waals surface area contributed by atoms with Crippen LogP contribution in [0.4, 0.5) is 5.69 Å². The molecule has 3 aliphatic rings. The smallest absolute Gasteiger partial charge is 0.347 e. The maximum Gasteiger partial charge on any atom is 0.347 e. The number of nitrogens with one attached hydrogen (secondary N) is 1. The van der Waals surface area contributed by atoms with Crippen LogP contribution in [0.1, 0.15) is 40.8 Å². The van der Waals surface area contributed by atoms with Crippen molar-refractivity contribution in [3.05, 3.63) is 149 Å². The van der Waals surface area contributed by atoms with Gasteiger partial charge in [0.05, 0.1) is 62.0 Å². The molecule has 16 nitrogen and oxygen atoms in total.